The van der Waals surface area contributed by atoms with Crippen LogP contribution in [0.25, 0.3) is 5.52 Å². The molecule has 11 heteroatoms. The predicted molar refractivity (Wildman–Crippen MR) is 138 cm³/mol. The number of hydrogen-bond donors (Lipinski definition) is 0. The lowest BCUT2D eigenvalue weighted by atomic mass is 9.96. The molecule has 0 aliphatic carbocycles. The van der Waals surface area contributed by atoms with Gasteiger partial charge in [0.25, 0.3) is 0 Å². The Hall–Kier alpha value is -3.49. The molecule has 0 aromatic carbocycles. The summed E-state index contributed by atoms with van der Waals surface area (Å²) in [6, 6.07) is 5.68. The summed E-state index contributed by atoms with van der Waals surface area (Å²) < 4.78 is 24.1. The maximum atomic E-state index is 14.8. The van der Waals surface area contributed by atoms with Gasteiger partial charge in [0.15, 0.2) is 5.82 Å². The van der Waals surface area contributed by atoms with E-state index in [0.29, 0.717) is 43.1 Å². The highest BCUT2D eigenvalue weighted by molar-refractivity contribution is 5.79. The second-order valence-electron chi connectivity index (χ2n) is 11.0. The molecule has 6 rings (SSSR count). The summed E-state index contributed by atoms with van der Waals surface area (Å²) in [5.41, 5.74) is 4.56. The van der Waals surface area contributed by atoms with Gasteiger partial charge in [-0.15, -0.1) is 0 Å². The average molecular weight is 521 g/mol. The van der Waals surface area contributed by atoms with Crippen molar-refractivity contribution in [2.24, 2.45) is 0 Å². The summed E-state index contributed by atoms with van der Waals surface area (Å²) in [5.74, 6) is -0.320. The quantitative estimate of drug-likeness (QED) is 0.524. The van der Waals surface area contributed by atoms with Crippen molar-refractivity contribution in [3.05, 3.63) is 46.8 Å². The van der Waals surface area contributed by atoms with Crippen LogP contribution < -0.4 is 4.90 Å². The molecular weight excluding hydrogens is 487 g/mol. The van der Waals surface area contributed by atoms with E-state index in [0.717, 1.165) is 37.1 Å². The van der Waals surface area contributed by atoms with Crippen LogP contribution in [-0.2, 0) is 29.0 Å². The van der Waals surface area contributed by atoms with Gasteiger partial charge in [0, 0.05) is 31.2 Å². The fraction of sp³-hybridized carbons (Fsp3) is 0.556. The Morgan fingerprint density at radius 3 is 2.63 bits per heavy atom. The largest absolute Gasteiger partial charge is 0.373 e. The molecule has 0 N–H and O–H groups in total. The van der Waals surface area contributed by atoms with E-state index in [1.165, 1.54) is 10.1 Å². The van der Waals surface area contributed by atoms with Crippen molar-refractivity contribution in [1.82, 2.24) is 29.2 Å². The highest BCUT2D eigenvalue weighted by Gasteiger charge is 2.36. The first kappa shape index (κ1) is 24.8. The first-order valence-electron chi connectivity index (χ1n) is 13.3. The molecule has 10 nitrogen and oxygen atoms in total. The molecule has 3 aliphatic rings. The van der Waals surface area contributed by atoms with Crippen LogP contribution in [0, 0.1) is 17.1 Å². The van der Waals surface area contributed by atoms with E-state index < -0.39 is 5.82 Å². The van der Waals surface area contributed by atoms with Crippen LogP contribution in [0.5, 0.6) is 0 Å². The number of pyridine rings is 1. The molecule has 1 amide bonds. The number of nitriles is 1. The number of rotatable bonds is 3. The maximum absolute atomic E-state index is 14.8. The van der Waals surface area contributed by atoms with Gasteiger partial charge in [0.2, 0.25) is 5.91 Å². The van der Waals surface area contributed by atoms with Gasteiger partial charge in [-0.1, -0.05) is 0 Å². The second-order valence-corrected chi connectivity index (χ2v) is 11.0. The van der Waals surface area contributed by atoms with Crippen molar-refractivity contribution in [3.8, 4) is 6.07 Å². The van der Waals surface area contributed by atoms with Gasteiger partial charge in [-0.25, -0.2) is 8.91 Å². The van der Waals surface area contributed by atoms with Crippen molar-refractivity contribution in [3.63, 3.8) is 0 Å². The molecule has 0 radical (unpaired) electrons. The fourth-order valence-electron chi connectivity index (χ4n) is 6.42. The Morgan fingerprint density at radius 1 is 1.13 bits per heavy atom. The van der Waals surface area contributed by atoms with Crippen LogP contribution in [0.15, 0.2) is 18.3 Å². The lowest BCUT2D eigenvalue weighted by Gasteiger charge is -2.38. The minimum Gasteiger partial charge on any atom is -0.373 e. The molecular formula is C27H33FN8O2. The van der Waals surface area contributed by atoms with Gasteiger partial charge in [-0.05, 0) is 46.2 Å². The molecule has 2 unspecified atom stereocenters. The van der Waals surface area contributed by atoms with E-state index in [1.807, 2.05) is 18.7 Å². The van der Waals surface area contributed by atoms with Crippen LogP contribution in [0.4, 0.5) is 10.1 Å². The van der Waals surface area contributed by atoms with Gasteiger partial charge in [0.1, 0.15) is 17.3 Å². The van der Waals surface area contributed by atoms with Crippen molar-refractivity contribution >= 4 is 17.1 Å². The number of amides is 1. The maximum Gasteiger partial charge on any atom is 0.237 e. The molecule has 0 saturated carbocycles. The van der Waals surface area contributed by atoms with Crippen molar-refractivity contribution in [2.75, 3.05) is 31.1 Å². The van der Waals surface area contributed by atoms with Crippen LogP contribution in [0.1, 0.15) is 56.4 Å². The standard InChI is InChI=1S/C27H33FN8O2/c1-16-7-21-23(13-34(16)26(37)15-32-11-18(3)38-19(4)12-32)31-35-17(2)10-33(14-25(21)35)24-6-5-20(8-29)36-27(24)22(28)9-30-36/h5-6,9,16-19H,7,10-15H2,1-4H3/t16-,17+,18?,19?/m0/s1. The fourth-order valence-corrected chi connectivity index (χ4v) is 6.42. The van der Waals surface area contributed by atoms with Gasteiger partial charge < -0.3 is 14.5 Å². The monoisotopic (exact) mass is 520 g/mol. The molecule has 6 heterocycles. The highest BCUT2D eigenvalue weighted by Crippen LogP contribution is 2.35. The minimum atomic E-state index is -0.447. The molecule has 38 heavy (non-hydrogen) atoms. The number of carbonyl (C=O) groups excluding carboxylic acids is 1. The van der Waals surface area contributed by atoms with Crippen LogP contribution in [0.3, 0.4) is 0 Å². The molecule has 3 aliphatic heterocycles. The first-order valence-corrected chi connectivity index (χ1v) is 13.3. The normalized spacial score (nSPS) is 25.8. The van der Waals surface area contributed by atoms with Crippen molar-refractivity contribution in [2.45, 2.75) is 71.5 Å². The highest BCUT2D eigenvalue weighted by atomic mass is 19.1. The van der Waals surface area contributed by atoms with Crippen LogP contribution in [0.2, 0.25) is 0 Å². The zero-order chi connectivity index (χ0) is 26.7. The Morgan fingerprint density at radius 2 is 1.89 bits per heavy atom. The number of carbonyl (C=O) groups is 1. The third kappa shape index (κ3) is 4.12. The topological polar surface area (TPSA) is 94.9 Å². The van der Waals surface area contributed by atoms with Gasteiger partial charge in [-0.3, -0.25) is 14.4 Å². The molecule has 1 fully saturated rings. The zero-order valence-corrected chi connectivity index (χ0v) is 22.3. The Bertz CT molecular complexity index is 1430. The summed E-state index contributed by atoms with van der Waals surface area (Å²) in [6.45, 7) is 11.9. The number of fused-ring (bicyclic) bond motifs is 4. The summed E-state index contributed by atoms with van der Waals surface area (Å²) in [6.07, 6.45) is 2.13. The van der Waals surface area contributed by atoms with Crippen molar-refractivity contribution in [1.29, 1.82) is 5.26 Å². The van der Waals surface area contributed by atoms with E-state index in [4.69, 9.17) is 9.84 Å². The summed E-state index contributed by atoms with van der Waals surface area (Å²) >= 11 is 0. The van der Waals surface area contributed by atoms with Gasteiger partial charge >= 0.3 is 0 Å². The lowest BCUT2D eigenvalue weighted by molar-refractivity contribution is -0.139. The van der Waals surface area contributed by atoms with Gasteiger partial charge in [0.05, 0.1) is 61.2 Å². The Kier molecular flexibility index (Phi) is 6.12. The second kappa shape index (κ2) is 9.36. The number of hydrogen-bond acceptors (Lipinski definition) is 7. The molecule has 4 atom stereocenters. The summed E-state index contributed by atoms with van der Waals surface area (Å²) in [7, 11) is 0. The summed E-state index contributed by atoms with van der Waals surface area (Å²) in [5, 5.41) is 18.5. The van der Waals surface area contributed by atoms with E-state index in [1.54, 1.807) is 12.1 Å². The number of nitrogens with zero attached hydrogens (tertiary/aromatic N) is 8. The number of anilines is 1. The number of ether oxygens (including phenoxy) is 1. The molecule has 1 saturated heterocycles. The predicted octanol–water partition coefficient (Wildman–Crippen LogP) is 2.51. The van der Waals surface area contributed by atoms with E-state index in [9.17, 15) is 14.4 Å². The third-order valence-corrected chi connectivity index (χ3v) is 8.02. The molecule has 0 spiro atoms. The smallest absolute Gasteiger partial charge is 0.237 e. The minimum absolute atomic E-state index is 0.0550. The molecule has 3 aromatic heterocycles. The number of aromatic nitrogens is 4. The van der Waals surface area contributed by atoms with Crippen LogP contribution >= 0.6 is 0 Å². The number of halogens is 1. The molecule has 3 aromatic rings. The zero-order valence-electron chi connectivity index (χ0n) is 22.3. The third-order valence-electron chi connectivity index (χ3n) is 8.02. The van der Waals surface area contributed by atoms with E-state index in [2.05, 4.69) is 39.5 Å². The number of morpholine rings is 1. The Balaban J connectivity index is 1.25. The average Bonchev–Trinajstić information content (AvgIpc) is 3.43. The van der Waals surface area contributed by atoms with Crippen LogP contribution in [-0.4, -0.2) is 79.5 Å². The lowest BCUT2D eigenvalue weighted by Crippen LogP contribution is -2.52. The van der Waals surface area contributed by atoms with E-state index in [-0.39, 0.29) is 30.2 Å². The Labute approximate surface area is 221 Å². The summed E-state index contributed by atoms with van der Waals surface area (Å²) in [4.78, 5) is 19.7. The van der Waals surface area contributed by atoms with Gasteiger partial charge in [-0.2, -0.15) is 15.5 Å². The molecule has 0 bridgehead atoms. The first-order chi connectivity index (χ1) is 18.2. The van der Waals surface area contributed by atoms with Crippen molar-refractivity contribution < 1.29 is 13.9 Å². The van der Waals surface area contributed by atoms with E-state index >= 15 is 0 Å². The molecule has 200 valence electrons. The SMILES string of the molecule is CC1CN(CC(=O)N2Cc3nn4c(c3C[C@@H]2C)CN(c2ccc(C#N)n3ncc(F)c23)C[C@H]4C)CC(C)O1.